The summed E-state index contributed by atoms with van der Waals surface area (Å²) in [6, 6.07) is 0. The zero-order valence-corrected chi connectivity index (χ0v) is 11.9. The van der Waals surface area contributed by atoms with Crippen LogP contribution in [0.5, 0.6) is 0 Å². The summed E-state index contributed by atoms with van der Waals surface area (Å²) in [5.41, 5.74) is -0.447. The first kappa shape index (κ1) is 15.0. The SMILES string of the molecule is CC(=O)CC1CCC(CNC(=O)OC(C)(C)C)C1. The van der Waals surface area contributed by atoms with Crippen molar-refractivity contribution in [3.05, 3.63) is 0 Å². The molecule has 4 heteroatoms. The molecule has 0 bridgehead atoms. The van der Waals surface area contributed by atoms with E-state index in [1.807, 2.05) is 20.8 Å². The molecule has 0 aromatic heterocycles. The average molecular weight is 255 g/mol. The molecule has 0 heterocycles. The molecule has 0 spiro atoms. The summed E-state index contributed by atoms with van der Waals surface area (Å²) in [5, 5.41) is 2.81. The lowest BCUT2D eigenvalue weighted by Gasteiger charge is -2.20. The van der Waals surface area contributed by atoms with Crippen LogP contribution in [0.4, 0.5) is 4.79 Å². The van der Waals surface area contributed by atoms with Gasteiger partial charge in [0.25, 0.3) is 0 Å². The van der Waals surface area contributed by atoms with Crippen LogP contribution in [-0.4, -0.2) is 24.0 Å². The summed E-state index contributed by atoms with van der Waals surface area (Å²) in [6.07, 6.45) is 3.56. The maximum absolute atomic E-state index is 11.5. The number of ether oxygens (including phenoxy) is 1. The second-order valence-corrected chi connectivity index (χ2v) is 6.33. The zero-order valence-electron chi connectivity index (χ0n) is 11.9. The highest BCUT2D eigenvalue weighted by molar-refractivity contribution is 5.75. The number of hydrogen-bond donors (Lipinski definition) is 1. The highest BCUT2D eigenvalue weighted by Gasteiger charge is 2.26. The van der Waals surface area contributed by atoms with Crippen LogP contribution in [0.1, 0.15) is 53.4 Å². The van der Waals surface area contributed by atoms with Crippen LogP contribution in [0.3, 0.4) is 0 Å². The smallest absolute Gasteiger partial charge is 0.407 e. The van der Waals surface area contributed by atoms with Crippen LogP contribution in [0.2, 0.25) is 0 Å². The minimum Gasteiger partial charge on any atom is -0.444 e. The minimum absolute atomic E-state index is 0.265. The number of nitrogens with one attached hydrogen (secondary N) is 1. The van der Waals surface area contributed by atoms with Gasteiger partial charge in [0.15, 0.2) is 0 Å². The van der Waals surface area contributed by atoms with E-state index < -0.39 is 5.60 Å². The second-order valence-electron chi connectivity index (χ2n) is 6.33. The van der Waals surface area contributed by atoms with Crippen LogP contribution < -0.4 is 5.32 Å². The summed E-state index contributed by atoms with van der Waals surface area (Å²) >= 11 is 0. The van der Waals surface area contributed by atoms with Gasteiger partial charge in [0.1, 0.15) is 11.4 Å². The van der Waals surface area contributed by atoms with Crippen molar-refractivity contribution >= 4 is 11.9 Å². The number of amides is 1. The Hall–Kier alpha value is -1.06. The van der Waals surface area contributed by atoms with Crippen LogP contribution >= 0.6 is 0 Å². The van der Waals surface area contributed by atoms with Crippen molar-refractivity contribution in [2.45, 2.75) is 59.0 Å². The van der Waals surface area contributed by atoms with Gasteiger partial charge in [-0.3, -0.25) is 0 Å². The quantitative estimate of drug-likeness (QED) is 0.840. The molecule has 1 rings (SSSR count). The molecule has 1 saturated carbocycles. The zero-order chi connectivity index (χ0) is 13.8. The van der Waals surface area contributed by atoms with Crippen molar-refractivity contribution in [1.29, 1.82) is 0 Å². The van der Waals surface area contributed by atoms with Crippen molar-refractivity contribution in [3.8, 4) is 0 Å². The Morgan fingerprint density at radius 1 is 1.22 bits per heavy atom. The monoisotopic (exact) mass is 255 g/mol. The molecule has 2 unspecified atom stereocenters. The lowest BCUT2D eigenvalue weighted by atomic mass is 10.00. The number of rotatable bonds is 4. The Kier molecular flexibility index (Phi) is 5.17. The van der Waals surface area contributed by atoms with Gasteiger partial charge in [-0.05, 0) is 58.8 Å². The first-order valence-electron chi connectivity index (χ1n) is 6.72. The van der Waals surface area contributed by atoms with Crippen molar-refractivity contribution in [3.63, 3.8) is 0 Å². The molecule has 104 valence electrons. The molecule has 1 aliphatic carbocycles. The van der Waals surface area contributed by atoms with Crippen molar-refractivity contribution < 1.29 is 14.3 Å². The molecule has 1 N–H and O–H groups in total. The van der Waals surface area contributed by atoms with Gasteiger partial charge < -0.3 is 14.8 Å². The van der Waals surface area contributed by atoms with Crippen molar-refractivity contribution in [1.82, 2.24) is 5.32 Å². The van der Waals surface area contributed by atoms with Crippen molar-refractivity contribution in [2.75, 3.05) is 6.54 Å². The van der Waals surface area contributed by atoms with E-state index in [4.69, 9.17) is 4.74 Å². The standard InChI is InChI=1S/C14H25NO3/c1-10(16)7-11-5-6-12(8-11)9-15-13(17)18-14(2,3)4/h11-12H,5-9H2,1-4H3,(H,15,17). The molecule has 1 amide bonds. The Balaban J connectivity index is 2.21. The predicted octanol–water partition coefficient (Wildman–Crippen LogP) is 2.91. The lowest BCUT2D eigenvalue weighted by molar-refractivity contribution is -0.117. The fourth-order valence-corrected chi connectivity index (χ4v) is 2.50. The lowest BCUT2D eigenvalue weighted by Crippen LogP contribution is -2.34. The summed E-state index contributed by atoms with van der Waals surface area (Å²) in [6.45, 7) is 7.86. The third-order valence-corrected chi connectivity index (χ3v) is 3.16. The third-order valence-electron chi connectivity index (χ3n) is 3.16. The minimum atomic E-state index is -0.447. The first-order chi connectivity index (χ1) is 8.26. The fraction of sp³-hybridized carbons (Fsp3) is 0.857. The van der Waals surface area contributed by atoms with Gasteiger partial charge in [-0.15, -0.1) is 0 Å². The largest absolute Gasteiger partial charge is 0.444 e. The topological polar surface area (TPSA) is 55.4 Å². The van der Waals surface area contributed by atoms with E-state index in [1.54, 1.807) is 6.92 Å². The van der Waals surface area contributed by atoms with Crippen LogP contribution in [0, 0.1) is 11.8 Å². The van der Waals surface area contributed by atoms with Gasteiger partial charge >= 0.3 is 6.09 Å². The highest BCUT2D eigenvalue weighted by atomic mass is 16.6. The van der Waals surface area contributed by atoms with E-state index >= 15 is 0 Å². The average Bonchev–Trinajstić information content (AvgIpc) is 2.59. The van der Waals surface area contributed by atoms with E-state index in [0.29, 0.717) is 24.8 Å². The summed E-state index contributed by atoms with van der Waals surface area (Å²) in [4.78, 5) is 22.5. The summed E-state index contributed by atoms with van der Waals surface area (Å²) in [5.74, 6) is 1.26. The number of carbonyl (C=O) groups excluding carboxylic acids is 2. The Bertz CT molecular complexity index is 307. The molecular weight excluding hydrogens is 230 g/mol. The van der Waals surface area contributed by atoms with Gasteiger partial charge in [-0.1, -0.05) is 0 Å². The maximum atomic E-state index is 11.5. The summed E-state index contributed by atoms with van der Waals surface area (Å²) < 4.78 is 5.18. The molecule has 2 atom stereocenters. The number of Topliss-reactive ketones (excluding diaryl/α,β-unsaturated/α-hetero) is 1. The fourth-order valence-electron chi connectivity index (χ4n) is 2.50. The van der Waals surface area contributed by atoms with Gasteiger partial charge in [0, 0.05) is 13.0 Å². The van der Waals surface area contributed by atoms with E-state index in [9.17, 15) is 9.59 Å². The van der Waals surface area contributed by atoms with Gasteiger partial charge in [0.05, 0.1) is 0 Å². The molecule has 0 aromatic carbocycles. The molecule has 1 aliphatic rings. The molecule has 1 fully saturated rings. The number of ketones is 1. The van der Waals surface area contributed by atoms with Crippen LogP contribution in [0.25, 0.3) is 0 Å². The number of carbonyl (C=O) groups is 2. The van der Waals surface area contributed by atoms with Gasteiger partial charge in [-0.2, -0.15) is 0 Å². The molecule has 0 radical (unpaired) electrons. The van der Waals surface area contributed by atoms with Gasteiger partial charge in [0.2, 0.25) is 0 Å². The second kappa shape index (κ2) is 6.21. The Labute approximate surface area is 109 Å². The van der Waals surface area contributed by atoms with E-state index in [2.05, 4.69) is 5.32 Å². The third kappa shape index (κ3) is 6.03. The normalized spacial score (nSPS) is 23.8. The Morgan fingerprint density at radius 2 is 1.83 bits per heavy atom. The number of alkyl carbamates (subject to hydrolysis) is 1. The van der Waals surface area contributed by atoms with Crippen LogP contribution in [-0.2, 0) is 9.53 Å². The Morgan fingerprint density at radius 3 is 2.39 bits per heavy atom. The van der Waals surface area contributed by atoms with E-state index in [0.717, 1.165) is 19.3 Å². The van der Waals surface area contributed by atoms with Crippen molar-refractivity contribution in [2.24, 2.45) is 11.8 Å². The maximum Gasteiger partial charge on any atom is 0.407 e. The summed E-state index contributed by atoms with van der Waals surface area (Å²) in [7, 11) is 0. The molecule has 0 saturated heterocycles. The molecule has 0 aliphatic heterocycles. The van der Waals surface area contributed by atoms with E-state index in [1.165, 1.54) is 0 Å². The van der Waals surface area contributed by atoms with Gasteiger partial charge in [-0.25, -0.2) is 4.79 Å². The first-order valence-corrected chi connectivity index (χ1v) is 6.72. The highest BCUT2D eigenvalue weighted by Crippen LogP contribution is 2.32. The molecule has 18 heavy (non-hydrogen) atoms. The molecular formula is C14H25NO3. The van der Waals surface area contributed by atoms with E-state index in [-0.39, 0.29) is 11.9 Å². The number of hydrogen-bond acceptors (Lipinski definition) is 3. The van der Waals surface area contributed by atoms with Crippen LogP contribution in [0.15, 0.2) is 0 Å². The molecule has 4 nitrogen and oxygen atoms in total. The predicted molar refractivity (Wildman–Crippen MR) is 70.4 cm³/mol. The molecule has 0 aromatic rings.